The molecule has 1 aromatic rings. The molecule has 0 aromatic carbocycles. The van der Waals surface area contributed by atoms with Gasteiger partial charge in [-0.1, -0.05) is 0 Å². The van der Waals surface area contributed by atoms with Crippen molar-refractivity contribution in [1.82, 2.24) is 4.98 Å². The van der Waals surface area contributed by atoms with E-state index in [-0.39, 0.29) is 0 Å². The van der Waals surface area contributed by atoms with Gasteiger partial charge in [-0.15, -0.1) is 0 Å². The Morgan fingerprint density at radius 1 is 1.47 bits per heavy atom. The third-order valence-electron chi connectivity index (χ3n) is 1.80. The van der Waals surface area contributed by atoms with Crippen LogP contribution in [0.3, 0.4) is 0 Å². The highest BCUT2D eigenvalue weighted by Crippen LogP contribution is 2.35. The monoisotopic (exact) mass is 268 g/mol. The summed E-state index contributed by atoms with van der Waals surface area (Å²) in [6.07, 6.45) is -2.88. The zero-order valence-electron chi connectivity index (χ0n) is 8.00. The molecule has 1 aromatic heterocycles. The lowest BCUT2D eigenvalue weighted by Gasteiger charge is -2.07. The summed E-state index contributed by atoms with van der Waals surface area (Å²) < 4.78 is 47.0. The summed E-state index contributed by atoms with van der Waals surface area (Å²) in [4.78, 5) is 11.4. The van der Waals surface area contributed by atoms with Crippen LogP contribution in [0.2, 0.25) is 0 Å². The lowest BCUT2D eigenvalue weighted by Crippen LogP contribution is -2.17. The maximum Gasteiger partial charge on any atom is 0.374 e. The van der Waals surface area contributed by atoms with Crippen molar-refractivity contribution in [1.29, 1.82) is 0 Å². The van der Waals surface area contributed by atoms with Crippen LogP contribution in [0.15, 0.2) is 11.1 Å². The Balaban J connectivity index is 3.67. The first-order chi connectivity index (χ1) is 7.66. The van der Waals surface area contributed by atoms with Crippen LogP contribution < -0.4 is 10.9 Å². The number of primary sulfonamides is 1. The molecule has 0 amide bonds. The highest BCUT2D eigenvalue weighted by atomic mass is 32.2. The molecule has 0 aliphatic rings. The van der Waals surface area contributed by atoms with Crippen molar-refractivity contribution in [2.75, 3.05) is 5.73 Å². The van der Waals surface area contributed by atoms with Crippen LogP contribution in [-0.2, 0) is 10.0 Å². The molecule has 0 fully saturated rings. The predicted molar refractivity (Wildman–Crippen MR) is 51.6 cm³/mol. The number of halogens is 2. The summed E-state index contributed by atoms with van der Waals surface area (Å²) in [5.41, 5.74) is 2.89. The van der Waals surface area contributed by atoms with Crippen molar-refractivity contribution < 1.29 is 22.1 Å². The van der Waals surface area contributed by atoms with E-state index in [9.17, 15) is 27.3 Å². The van der Waals surface area contributed by atoms with E-state index in [0.717, 1.165) is 0 Å². The van der Waals surface area contributed by atoms with Crippen molar-refractivity contribution in [3.63, 3.8) is 0 Å². The largest absolute Gasteiger partial charge is 0.397 e. The Kier molecular flexibility index (Phi) is 3.24. The average molecular weight is 268 g/mol. The summed E-state index contributed by atoms with van der Waals surface area (Å²) in [6.45, 7) is 0. The maximum absolute atomic E-state index is 12.6. The smallest absolute Gasteiger partial charge is 0.374 e. The number of aromatic nitrogens is 1. The SMILES string of the molecule is Nc1c(S(N)(=O)=O)cnc([N+](=O)[O-])c1C(F)F. The molecule has 94 valence electrons. The van der Waals surface area contributed by atoms with Crippen molar-refractivity contribution in [2.24, 2.45) is 5.14 Å². The van der Waals surface area contributed by atoms with Gasteiger partial charge >= 0.3 is 5.82 Å². The lowest BCUT2D eigenvalue weighted by atomic mass is 10.2. The minimum atomic E-state index is -4.38. The van der Waals surface area contributed by atoms with E-state index in [1.54, 1.807) is 0 Å². The van der Waals surface area contributed by atoms with Gasteiger partial charge in [0.05, 0.1) is 5.69 Å². The van der Waals surface area contributed by atoms with Gasteiger partial charge in [0, 0.05) is 0 Å². The fraction of sp³-hybridized carbons (Fsp3) is 0.167. The van der Waals surface area contributed by atoms with E-state index in [1.807, 2.05) is 0 Å². The molecule has 0 atom stereocenters. The number of nitrogens with two attached hydrogens (primary N) is 2. The predicted octanol–water partition coefficient (Wildman–Crippen LogP) is 0.157. The van der Waals surface area contributed by atoms with Gasteiger partial charge in [0.1, 0.15) is 10.5 Å². The van der Waals surface area contributed by atoms with Crippen LogP contribution >= 0.6 is 0 Å². The third kappa shape index (κ3) is 2.45. The van der Waals surface area contributed by atoms with Crippen LogP contribution in [0.1, 0.15) is 12.0 Å². The Labute approximate surface area is 93.4 Å². The van der Waals surface area contributed by atoms with Crippen molar-refractivity contribution in [3.05, 3.63) is 21.9 Å². The molecule has 8 nitrogen and oxygen atoms in total. The number of anilines is 1. The minimum Gasteiger partial charge on any atom is -0.397 e. The van der Waals surface area contributed by atoms with Gasteiger partial charge < -0.3 is 15.8 Å². The quantitative estimate of drug-likeness (QED) is 0.590. The van der Waals surface area contributed by atoms with E-state index in [4.69, 9.17) is 10.9 Å². The first kappa shape index (κ1) is 13.2. The van der Waals surface area contributed by atoms with E-state index >= 15 is 0 Å². The summed E-state index contributed by atoms with van der Waals surface area (Å²) >= 11 is 0. The van der Waals surface area contributed by atoms with Crippen molar-refractivity contribution in [3.8, 4) is 0 Å². The Hall–Kier alpha value is -1.88. The fourth-order valence-corrected chi connectivity index (χ4v) is 1.72. The topological polar surface area (TPSA) is 142 Å². The Bertz CT molecular complexity index is 574. The number of hydrogen-bond donors (Lipinski definition) is 2. The van der Waals surface area contributed by atoms with E-state index in [0.29, 0.717) is 6.20 Å². The molecule has 0 unspecified atom stereocenters. The van der Waals surface area contributed by atoms with Gasteiger partial charge in [-0.2, -0.15) is 0 Å². The zero-order chi connectivity index (χ0) is 13.4. The molecule has 1 rings (SSSR count). The second-order valence-electron chi connectivity index (χ2n) is 2.88. The van der Waals surface area contributed by atoms with E-state index in [2.05, 4.69) is 4.98 Å². The fourth-order valence-electron chi connectivity index (χ4n) is 1.10. The first-order valence-corrected chi connectivity index (χ1v) is 5.44. The molecule has 4 N–H and O–H groups in total. The first-order valence-electron chi connectivity index (χ1n) is 3.90. The molecule has 11 heteroatoms. The van der Waals surface area contributed by atoms with Crippen LogP contribution in [-0.4, -0.2) is 18.3 Å². The number of rotatable bonds is 3. The number of sulfonamides is 1. The van der Waals surface area contributed by atoms with Gasteiger partial charge in [-0.25, -0.2) is 22.3 Å². The molecular formula is C6H6F2N4O4S. The Morgan fingerprint density at radius 3 is 2.35 bits per heavy atom. The van der Waals surface area contributed by atoms with Gasteiger partial charge in [0.2, 0.25) is 10.0 Å². The second-order valence-corrected chi connectivity index (χ2v) is 4.41. The molecule has 0 saturated heterocycles. The number of nitro groups is 1. The summed E-state index contributed by atoms with van der Waals surface area (Å²) in [5, 5.41) is 15.1. The number of hydrogen-bond acceptors (Lipinski definition) is 6. The average Bonchev–Trinajstić information content (AvgIpc) is 2.13. The molecule has 17 heavy (non-hydrogen) atoms. The number of nitrogen functional groups attached to an aromatic ring is 1. The summed E-state index contributed by atoms with van der Waals surface area (Å²) in [7, 11) is -4.38. The molecule has 0 bridgehead atoms. The van der Waals surface area contributed by atoms with Gasteiger partial charge in [-0.05, 0) is 9.91 Å². The van der Waals surface area contributed by atoms with Gasteiger partial charge in [-0.3, -0.25) is 0 Å². The minimum absolute atomic E-state index is 0.467. The highest BCUT2D eigenvalue weighted by molar-refractivity contribution is 7.89. The summed E-state index contributed by atoms with van der Waals surface area (Å²) in [5.74, 6) is -1.20. The van der Waals surface area contributed by atoms with Crippen LogP contribution in [0.25, 0.3) is 0 Å². The second kappa shape index (κ2) is 4.18. The molecule has 0 aliphatic carbocycles. The third-order valence-corrected chi connectivity index (χ3v) is 2.74. The molecular weight excluding hydrogens is 262 g/mol. The standard InChI is InChI=1S/C6H6F2N4O4S/c7-5(8)3-4(9)2(17(10,15)16)1-11-6(3)12(13)14/h1,5H,(H2,9,11)(H2,10,15,16). The summed E-state index contributed by atoms with van der Waals surface area (Å²) in [6, 6.07) is 0. The molecule has 0 spiro atoms. The number of nitrogens with zero attached hydrogens (tertiary/aromatic N) is 2. The zero-order valence-corrected chi connectivity index (χ0v) is 8.82. The molecule has 0 aliphatic heterocycles. The van der Waals surface area contributed by atoms with Gasteiger partial charge in [0.15, 0.2) is 6.20 Å². The molecule has 0 radical (unpaired) electrons. The maximum atomic E-state index is 12.6. The van der Waals surface area contributed by atoms with Crippen LogP contribution in [0.4, 0.5) is 20.3 Å². The van der Waals surface area contributed by atoms with E-state index in [1.165, 1.54) is 0 Å². The van der Waals surface area contributed by atoms with Crippen LogP contribution in [0, 0.1) is 10.1 Å². The normalized spacial score (nSPS) is 11.8. The van der Waals surface area contributed by atoms with Crippen LogP contribution in [0.5, 0.6) is 0 Å². The van der Waals surface area contributed by atoms with E-state index < -0.39 is 43.3 Å². The molecule has 1 heterocycles. The Morgan fingerprint density at radius 2 is 2.00 bits per heavy atom. The van der Waals surface area contributed by atoms with Crippen molar-refractivity contribution in [2.45, 2.75) is 11.3 Å². The van der Waals surface area contributed by atoms with Gasteiger partial charge in [0.25, 0.3) is 6.43 Å². The number of alkyl halides is 2. The van der Waals surface area contributed by atoms with Crippen molar-refractivity contribution >= 4 is 21.5 Å². The number of pyridine rings is 1. The highest BCUT2D eigenvalue weighted by Gasteiger charge is 2.31. The lowest BCUT2D eigenvalue weighted by molar-refractivity contribution is -0.391. The molecule has 0 saturated carbocycles.